The maximum absolute atomic E-state index is 5.49. The van der Waals surface area contributed by atoms with Gasteiger partial charge in [0.2, 0.25) is 5.89 Å². The average molecular weight is 242 g/mol. The van der Waals surface area contributed by atoms with Crippen molar-refractivity contribution in [2.24, 2.45) is 0 Å². The second-order valence-corrected chi connectivity index (χ2v) is 9.53. The van der Waals surface area contributed by atoms with Gasteiger partial charge in [-0.2, -0.15) is 0 Å². The summed E-state index contributed by atoms with van der Waals surface area (Å²) in [6.07, 6.45) is 0. The Hall–Kier alpha value is -1.86. The van der Waals surface area contributed by atoms with Gasteiger partial charge < -0.3 is 4.42 Å². The molecule has 0 aliphatic heterocycles. The molecule has 2 rings (SSSR count). The minimum absolute atomic E-state index is 0.395. The Bertz CT molecular complexity index is 558. The van der Waals surface area contributed by atoms with Crippen LogP contribution < -0.4 is 0 Å². The molecule has 0 radical (unpaired) electrons. The van der Waals surface area contributed by atoms with E-state index < -0.39 is 8.07 Å². The summed E-state index contributed by atoms with van der Waals surface area (Å²) in [7, 11) is -1.40. The lowest BCUT2D eigenvalue weighted by Gasteiger charge is -2.01. The molecule has 0 unspecified atom stereocenters. The molecule has 0 aliphatic rings. The van der Waals surface area contributed by atoms with Crippen LogP contribution in [0.25, 0.3) is 11.5 Å². The Labute approximate surface area is 102 Å². The molecule has 0 saturated carbocycles. The lowest BCUT2D eigenvalue weighted by Crippen LogP contribution is -2.16. The van der Waals surface area contributed by atoms with Crippen molar-refractivity contribution in [2.45, 2.75) is 19.6 Å². The number of hydrogen-bond acceptors (Lipinski definition) is 3. The summed E-state index contributed by atoms with van der Waals surface area (Å²) < 4.78 is 5.49. The van der Waals surface area contributed by atoms with E-state index >= 15 is 0 Å². The molecule has 3 nitrogen and oxygen atoms in total. The average Bonchev–Trinajstić information content (AvgIpc) is 2.75. The molecule has 1 aromatic heterocycles. The van der Waals surface area contributed by atoms with Crippen molar-refractivity contribution in [1.29, 1.82) is 0 Å². The molecule has 86 valence electrons. The van der Waals surface area contributed by atoms with Crippen LogP contribution in [0, 0.1) is 11.5 Å². The minimum atomic E-state index is -1.40. The van der Waals surface area contributed by atoms with Crippen LogP contribution >= 0.6 is 0 Å². The van der Waals surface area contributed by atoms with Crippen molar-refractivity contribution >= 4 is 8.07 Å². The third-order valence-electron chi connectivity index (χ3n) is 1.99. The van der Waals surface area contributed by atoms with Crippen LogP contribution in [-0.4, -0.2) is 18.3 Å². The SMILES string of the molecule is C[Si](C)(C)C#Cc1nnc(-c2ccccc2)o1. The van der Waals surface area contributed by atoms with Crippen LogP contribution in [0.3, 0.4) is 0 Å². The van der Waals surface area contributed by atoms with Crippen LogP contribution in [0.5, 0.6) is 0 Å². The Morgan fingerprint density at radius 3 is 2.41 bits per heavy atom. The smallest absolute Gasteiger partial charge is 0.293 e. The number of hydrogen-bond donors (Lipinski definition) is 0. The van der Waals surface area contributed by atoms with Gasteiger partial charge in [-0.25, -0.2) is 0 Å². The second kappa shape index (κ2) is 4.56. The van der Waals surface area contributed by atoms with Gasteiger partial charge >= 0.3 is 0 Å². The van der Waals surface area contributed by atoms with Crippen LogP contribution in [0.4, 0.5) is 0 Å². The minimum Gasteiger partial charge on any atom is -0.410 e. The Morgan fingerprint density at radius 1 is 1.06 bits per heavy atom. The summed E-state index contributed by atoms with van der Waals surface area (Å²) in [5, 5.41) is 7.91. The first-order valence-corrected chi connectivity index (χ1v) is 8.97. The highest BCUT2D eigenvalue weighted by Crippen LogP contribution is 2.16. The lowest BCUT2D eigenvalue weighted by atomic mass is 10.2. The zero-order chi connectivity index (χ0) is 12.3. The van der Waals surface area contributed by atoms with Crippen LogP contribution in [0.15, 0.2) is 34.7 Å². The normalized spacial score (nSPS) is 10.8. The first kappa shape index (κ1) is 11.6. The number of rotatable bonds is 1. The topological polar surface area (TPSA) is 38.9 Å². The van der Waals surface area contributed by atoms with E-state index in [9.17, 15) is 0 Å². The highest BCUT2D eigenvalue weighted by atomic mass is 28.3. The second-order valence-electron chi connectivity index (χ2n) is 4.78. The first-order chi connectivity index (χ1) is 8.04. The van der Waals surface area contributed by atoms with Gasteiger partial charge in [-0.3, -0.25) is 0 Å². The van der Waals surface area contributed by atoms with Crippen LogP contribution in [0.1, 0.15) is 5.89 Å². The lowest BCUT2D eigenvalue weighted by molar-refractivity contribution is 0.555. The van der Waals surface area contributed by atoms with E-state index in [1.165, 1.54) is 0 Å². The number of benzene rings is 1. The molecular formula is C13H14N2OSi. The fraction of sp³-hybridized carbons (Fsp3) is 0.231. The molecule has 0 bridgehead atoms. The zero-order valence-electron chi connectivity index (χ0n) is 10.2. The number of nitrogens with zero attached hydrogens (tertiary/aromatic N) is 2. The van der Waals surface area contributed by atoms with Crippen molar-refractivity contribution < 1.29 is 4.42 Å². The van der Waals surface area contributed by atoms with E-state index in [2.05, 4.69) is 41.3 Å². The molecule has 0 amide bonds. The maximum Gasteiger partial charge on any atom is 0.293 e. The Balaban J connectivity index is 2.25. The molecule has 1 aromatic carbocycles. The summed E-state index contributed by atoms with van der Waals surface area (Å²) >= 11 is 0. The molecule has 0 atom stereocenters. The summed E-state index contributed by atoms with van der Waals surface area (Å²) in [6, 6.07) is 9.69. The number of aromatic nitrogens is 2. The van der Waals surface area contributed by atoms with Gasteiger partial charge in [0.05, 0.1) is 0 Å². The summed E-state index contributed by atoms with van der Waals surface area (Å²) in [4.78, 5) is 0. The largest absolute Gasteiger partial charge is 0.410 e. The molecule has 17 heavy (non-hydrogen) atoms. The molecular weight excluding hydrogens is 228 g/mol. The monoisotopic (exact) mass is 242 g/mol. The fourth-order valence-electron chi connectivity index (χ4n) is 1.21. The highest BCUT2D eigenvalue weighted by Gasteiger charge is 2.09. The van der Waals surface area contributed by atoms with E-state index in [0.717, 1.165) is 5.56 Å². The summed E-state index contributed by atoms with van der Waals surface area (Å²) in [6.45, 7) is 6.53. The molecule has 0 N–H and O–H groups in total. The fourth-order valence-corrected chi connectivity index (χ4v) is 1.69. The molecule has 0 aliphatic carbocycles. The molecule has 0 spiro atoms. The van der Waals surface area contributed by atoms with Crippen molar-refractivity contribution in [2.75, 3.05) is 0 Å². The third-order valence-corrected chi connectivity index (χ3v) is 2.87. The van der Waals surface area contributed by atoms with Crippen molar-refractivity contribution in [1.82, 2.24) is 10.2 Å². The zero-order valence-corrected chi connectivity index (χ0v) is 11.2. The van der Waals surface area contributed by atoms with Gasteiger partial charge in [-0.15, -0.1) is 10.6 Å². The standard InChI is InChI=1S/C13H14N2OSi/c1-17(2,3)10-9-12-14-15-13(16-12)11-7-5-4-6-8-11/h4-8H,1-3H3. The van der Waals surface area contributed by atoms with Gasteiger partial charge in [-0.1, -0.05) is 42.9 Å². The maximum atomic E-state index is 5.49. The van der Waals surface area contributed by atoms with Crippen LogP contribution in [0.2, 0.25) is 19.6 Å². The molecule has 0 fully saturated rings. The van der Waals surface area contributed by atoms with Gasteiger partial charge in [0, 0.05) is 5.56 Å². The van der Waals surface area contributed by atoms with E-state index in [4.69, 9.17) is 4.42 Å². The van der Waals surface area contributed by atoms with E-state index in [1.807, 2.05) is 30.3 Å². The van der Waals surface area contributed by atoms with Gasteiger partial charge in [-0.05, 0) is 18.1 Å². The Kier molecular flexibility index (Phi) is 3.11. The van der Waals surface area contributed by atoms with Crippen molar-refractivity contribution in [3.63, 3.8) is 0 Å². The predicted octanol–water partition coefficient (Wildman–Crippen LogP) is 2.97. The first-order valence-electron chi connectivity index (χ1n) is 5.47. The van der Waals surface area contributed by atoms with E-state index in [1.54, 1.807) is 0 Å². The van der Waals surface area contributed by atoms with Gasteiger partial charge in [0.25, 0.3) is 5.89 Å². The third kappa shape index (κ3) is 3.30. The Morgan fingerprint density at radius 2 is 1.76 bits per heavy atom. The molecule has 0 saturated heterocycles. The highest BCUT2D eigenvalue weighted by molar-refractivity contribution is 6.83. The van der Waals surface area contributed by atoms with E-state index in [0.29, 0.717) is 11.8 Å². The quantitative estimate of drug-likeness (QED) is 0.570. The molecule has 4 heteroatoms. The summed E-state index contributed by atoms with van der Waals surface area (Å²) in [5.41, 5.74) is 4.11. The van der Waals surface area contributed by atoms with Gasteiger partial charge in [0.1, 0.15) is 8.07 Å². The molecule has 1 heterocycles. The summed E-state index contributed by atoms with van der Waals surface area (Å²) in [5.74, 6) is 3.86. The molecule has 2 aromatic rings. The van der Waals surface area contributed by atoms with Gasteiger partial charge in [0.15, 0.2) is 0 Å². The van der Waals surface area contributed by atoms with Crippen LogP contribution in [-0.2, 0) is 0 Å². The van der Waals surface area contributed by atoms with E-state index in [-0.39, 0.29) is 0 Å². The van der Waals surface area contributed by atoms with Crippen molar-refractivity contribution in [3.05, 3.63) is 36.2 Å². The van der Waals surface area contributed by atoms with Crippen molar-refractivity contribution in [3.8, 4) is 22.9 Å². The predicted molar refractivity (Wildman–Crippen MR) is 70.0 cm³/mol.